The lowest BCUT2D eigenvalue weighted by atomic mass is 10.2. The SMILES string of the molecule is N=C(N=C(N)N)N(O[N+](=O)[O-])c1ccccc1N=C(N)N=C(N)N. The molecule has 0 fully saturated rings. The van der Waals surface area contributed by atoms with Gasteiger partial charge in [-0.25, -0.2) is 4.99 Å². The van der Waals surface area contributed by atoms with Gasteiger partial charge in [0.25, 0.3) is 0 Å². The minimum atomic E-state index is -1.16. The van der Waals surface area contributed by atoms with E-state index in [2.05, 4.69) is 19.9 Å². The molecule has 1 rings (SSSR count). The Morgan fingerprint density at radius 2 is 1.71 bits per heavy atom. The maximum Gasteiger partial charge on any atom is 0.317 e. The van der Waals surface area contributed by atoms with Gasteiger partial charge in [0.1, 0.15) is 0 Å². The van der Waals surface area contributed by atoms with E-state index < -0.39 is 17.0 Å². The Bertz CT molecular complexity index is 719. The van der Waals surface area contributed by atoms with Crippen LogP contribution in [0.2, 0.25) is 0 Å². The van der Waals surface area contributed by atoms with E-state index in [1.165, 1.54) is 18.2 Å². The number of anilines is 1. The van der Waals surface area contributed by atoms with Crippen LogP contribution in [-0.2, 0) is 4.94 Å². The lowest BCUT2D eigenvalue weighted by Crippen LogP contribution is -2.35. The lowest BCUT2D eigenvalue weighted by Gasteiger charge is -2.19. The Morgan fingerprint density at radius 1 is 1.12 bits per heavy atom. The van der Waals surface area contributed by atoms with Crippen molar-refractivity contribution in [3.05, 3.63) is 34.4 Å². The van der Waals surface area contributed by atoms with Crippen molar-refractivity contribution in [1.29, 1.82) is 5.41 Å². The third-order valence-corrected chi connectivity index (χ3v) is 2.15. The Balaban J connectivity index is 3.39. The summed E-state index contributed by atoms with van der Waals surface area (Å²) in [4.78, 5) is 25.8. The summed E-state index contributed by atoms with van der Waals surface area (Å²) in [5.74, 6) is -1.93. The fourth-order valence-electron chi connectivity index (χ4n) is 1.44. The highest BCUT2D eigenvalue weighted by atomic mass is 17.0. The first-order chi connectivity index (χ1) is 11.2. The van der Waals surface area contributed by atoms with Gasteiger partial charge in [-0.2, -0.15) is 14.9 Å². The van der Waals surface area contributed by atoms with Crippen molar-refractivity contribution >= 4 is 35.2 Å². The average Bonchev–Trinajstić information content (AvgIpc) is 2.43. The van der Waals surface area contributed by atoms with Crippen molar-refractivity contribution in [3.63, 3.8) is 0 Å². The van der Waals surface area contributed by atoms with E-state index in [-0.39, 0.29) is 23.3 Å². The highest BCUT2D eigenvalue weighted by molar-refractivity contribution is 6.02. The van der Waals surface area contributed by atoms with E-state index in [9.17, 15) is 10.1 Å². The highest BCUT2D eigenvalue weighted by Crippen LogP contribution is 2.29. The zero-order chi connectivity index (χ0) is 18.3. The van der Waals surface area contributed by atoms with E-state index >= 15 is 0 Å². The summed E-state index contributed by atoms with van der Waals surface area (Å²) in [6, 6.07) is 5.83. The van der Waals surface area contributed by atoms with E-state index in [4.69, 9.17) is 34.1 Å². The molecule has 0 spiro atoms. The monoisotopic (exact) mass is 337 g/mol. The molecule has 0 aliphatic rings. The summed E-state index contributed by atoms with van der Waals surface area (Å²) in [6.07, 6.45) is 0. The van der Waals surface area contributed by atoms with Crippen molar-refractivity contribution in [3.8, 4) is 0 Å². The second kappa shape index (κ2) is 7.78. The second-order valence-electron chi connectivity index (χ2n) is 3.96. The molecule has 14 nitrogen and oxygen atoms in total. The predicted molar refractivity (Wildman–Crippen MR) is 87.6 cm³/mol. The van der Waals surface area contributed by atoms with Crippen LogP contribution < -0.4 is 33.7 Å². The Labute approximate surface area is 134 Å². The lowest BCUT2D eigenvalue weighted by molar-refractivity contribution is -0.758. The molecule has 1 aromatic rings. The van der Waals surface area contributed by atoms with E-state index in [0.29, 0.717) is 5.06 Å². The van der Waals surface area contributed by atoms with E-state index in [1.54, 1.807) is 6.07 Å². The quantitative estimate of drug-likeness (QED) is 0.154. The second-order valence-corrected chi connectivity index (χ2v) is 3.96. The highest BCUT2D eigenvalue weighted by Gasteiger charge is 2.20. The molecule has 0 aromatic heterocycles. The Kier molecular flexibility index (Phi) is 5.82. The van der Waals surface area contributed by atoms with Crippen molar-refractivity contribution in [2.24, 2.45) is 43.6 Å². The molecule has 0 saturated heterocycles. The molecule has 0 aliphatic heterocycles. The molecule has 24 heavy (non-hydrogen) atoms. The van der Waals surface area contributed by atoms with Gasteiger partial charge in [-0.3, -0.25) is 5.41 Å². The summed E-state index contributed by atoms with van der Waals surface area (Å²) in [5.41, 5.74) is 26.2. The van der Waals surface area contributed by atoms with Gasteiger partial charge in [-0.15, -0.1) is 15.2 Å². The summed E-state index contributed by atoms with van der Waals surface area (Å²) in [6.45, 7) is 0. The largest absolute Gasteiger partial charge is 0.370 e. The van der Waals surface area contributed by atoms with E-state index in [1.807, 2.05) is 0 Å². The van der Waals surface area contributed by atoms with Gasteiger partial charge in [0.15, 0.2) is 11.9 Å². The van der Waals surface area contributed by atoms with Crippen molar-refractivity contribution in [2.45, 2.75) is 0 Å². The topological polar surface area (TPSA) is 247 Å². The van der Waals surface area contributed by atoms with Gasteiger partial charge < -0.3 is 28.7 Å². The first kappa shape index (κ1) is 18.0. The number of hydroxylamine groups is 1. The summed E-state index contributed by atoms with van der Waals surface area (Å²) < 4.78 is 0. The molecule has 14 heteroatoms. The zero-order valence-corrected chi connectivity index (χ0v) is 12.2. The number of rotatable bonds is 4. The number of benzene rings is 1. The number of hydrogen-bond acceptors (Lipinski definition) is 5. The molecule has 0 aliphatic carbocycles. The van der Waals surface area contributed by atoms with Crippen LogP contribution in [0.25, 0.3) is 0 Å². The van der Waals surface area contributed by atoms with Crippen LogP contribution in [0.15, 0.2) is 39.2 Å². The van der Waals surface area contributed by atoms with E-state index in [0.717, 1.165) is 0 Å². The smallest absolute Gasteiger partial charge is 0.317 e. The minimum absolute atomic E-state index is 0.0531. The zero-order valence-electron chi connectivity index (χ0n) is 12.2. The van der Waals surface area contributed by atoms with Gasteiger partial charge in [0, 0.05) is 0 Å². The molecule has 128 valence electrons. The molecular weight excluding hydrogens is 322 g/mol. The standard InChI is InChI=1S/C10H15N11O3/c11-7(12)18-9(15)17-5-3-1-2-4-6(5)20(24-21(22)23)10(16)19-8(13)14/h1-4H,(H5,13,14,16,19)(H6,11,12,15,17,18). The van der Waals surface area contributed by atoms with Gasteiger partial charge >= 0.3 is 5.09 Å². The fourth-order valence-corrected chi connectivity index (χ4v) is 1.44. The Hall–Kier alpha value is -4.10. The number of para-hydroxylation sites is 2. The van der Waals surface area contributed by atoms with Crippen molar-refractivity contribution in [1.82, 2.24) is 0 Å². The van der Waals surface area contributed by atoms with Crippen LogP contribution in [0.4, 0.5) is 11.4 Å². The molecule has 11 N–H and O–H groups in total. The minimum Gasteiger partial charge on any atom is -0.370 e. The van der Waals surface area contributed by atoms with Gasteiger partial charge in [-0.05, 0) is 12.1 Å². The molecule has 1 aromatic carbocycles. The van der Waals surface area contributed by atoms with Crippen LogP contribution in [-0.4, -0.2) is 28.9 Å². The summed E-state index contributed by atoms with van der Waals surface area (Å²) in [5, 5.41) is 17.6. The molecule has 0 saturated carbocycles. The van der Waals surface area contributed by atoms with Gasteiger partial charge in [-0.1, -0.05) is 12.1 Å². The van der Waals surface area contributed by atoms with Crippen LogP contribution in [0.5, 0.6) is 0 Å². The molecule has 0 amide bonds. The average molecular weight is 337 g/mol. The molecule has 0 radical (unpaired) electrons. The maximum atomic E-state index is 10.7. The van der Waals surface area contributed by atoms with Crippen LogP contribution >= 0.6 is 0 Å². The molecule has 0 bridgehead atoms. The van der Waals surface area contributed by atoms with Crippen LogP contribution in [0.3, 0.4) is 0 Å². The third-order valence-electron chi connectivity index (χ3n) is 2.15. The van der Waals surface area contributed by atoms with Gasteiger partial charge in [0.05, 0.1) is 11.4 Å². The number of aliphatic imine (C=N–C) groups is 3. The fraction of sp³-hybridized carbons (Fsp3) is 0. The summed E-state index contributed by atoms with van der Waals surface area (Å²) >= 11 is 0. The molecule has 0 unspecified atom stereocenters. The third kappa shape index (κ3) is 5.35. The molecule has 0 atom stereocenters. The first-order valence-corrected chi connectivity index (χ1v) is 6.04. The summed E-state index contributed by atoms with van der Waals surface area (Å²) in [7, 11) is 0. The van der Waals surface area contributed by atoms with Crippen LogP contribution in [0, 0.1) is 15.5 Å². The number of nitrogens with one attached hydrogen (secondary N) is 1. The maximum absolute atomic E-state index is 10.7. The van der Waals surface area contributed by atoms with Gasteiger partial charge in [0.2, 0.25) is 11.9 Å². The number of nitrogens with zero attached hydrogens (tertiary/aromatic N) is 5. The first-order valence-electron chi connectivity index (χ1n) is 6.04. The normalized spacial score (nSPS) is 10.4. The number of nitrogens with two attached hydrogens (primary N) is 5. The predicted octanol–water partition coefficient (Wildman–Crippen LogP) is -1.96. The molecule has 0 heterocycles. The molecular formula is C10H15N11O3. The number of hydrogen-bond donors (Lipinski definition) is 6. The Morgan fingerprint density at radius 3 is 2.25 bits per heavy atom. The number of guanidine groups is 4. The van der Waals surface area contributed by atoms with Crippen LogP contribution in [0.1, 0.15) is 0 Å². The van der Waals surface area contributed by atoms with Crippen molar-refractivity contribution < 1.29 is 10.0 Å². The van der Waals surface area contributed by atoms with Crippen molar-refractivity contribution in [2.75, 3.05) is 5.06 Å².